The zero-order valence-electron chi connectivity index (χ0n) is 16.2. The third-order valence-corrected chi connectivity index (χ3v) is 4.46. The predicted molar refractivity (Wildman–Crippen MR) is 111 cm³/mol. The summed E-state index contributed by atoms with van der Waals surface area (Å²) < 4.78 is 7.53. The van der Waals surface area contributed by atoms with Gasteiger partial charge in [-0.3, -0.25) is 0 Å². The summed E-state index contributed by atoms with van der Waals surface area (Å²) in [6.07, 6.45) is 0. The molecule has 2 aromatic carbocycles. The smallest absolute Gasteiger partial charge is 0.319 e. The van der Waals surface area contributed by atoms with Gasteiger partial charge in [0, 0.05) is 29.2 Å². The summed E-state index contributed by atoms with van der Waals surface area (Å²) in [7, 11) is 1.65. The molecule has 0 fully saturated rings. The summed E-state index contributed by atoms with van der Waals surface area (Å²) in [5.74, 6) is 0.782. The zero-order valence-corrected chi connectivity index (χ0v) is 16.2. The first kappa shape index (κ1) is 18.6. The highest BCUT2D eigenvalue weighted by Gasteiger charge is 2.16. The molecule has 0 aliphatic carbocycles. The van der Waals surface area contributed by atoms with Crippen LogP contribution in [-0.2, 0) is 6.54 Å². The Balaban J connectivity index is 1.97. The number of nitrogens with one attached hydrogen (secondary N) is 2. The number of amides is 2. The van der Waals surface area contributed by atoms with Gasteiger partial charge < -0.3 is 25.7 Å². The standard InChI is InChI=1S/C21H26N4O2/c1-5-25-18-11-10-16(27-4)12-17(18)19(22)20(25)14-6-8-15(9-7-14)24-21(26)23-13(2)3/h6-13H,5,22H2,1-4H3,(H2,23,24,26). The van der Waals surface area contributed by atoms with Crippen LogP contribution >= 0.6 is 0 Å². The van der Waals surface area contributed by atoms with E-state index in [1.807, 2.05) is 56.3 Å². The number of nitrogens with two attached hydrogens (primary N) is 1. The number of nitrogen functional groups attached to an aromatic ring is 1. The van der Waals surface area contributed by atoms with Crippen LogP contribution in [0, 0.1) is 0 Å². The minimum atomic E-state index is -0.216. The average Bonchev–Trinajstić information content (AvgIpc) is 2.93. The number of anilines is 2. The monoisotopic (exact) mass is 366 g/mol. The van der Waals surface area contributed by atoms with Crippen molar-refractivity contribution in [2.75, 3.05) is 18.2 Å². The fourth-order valence-electron chi connectivity index (χ4n) is 3.27. The molecule has 0 saturated heterocycles. The van der Waals surface area contributed by atoms with Gasteiger partial charge in [-0.25, -0.2) is 4.79 Å². The second kappa shape index (κ2) is 7.61. The van der Waals surface area contributed by atoms with E-state index in [2.05, 4.69) is 22.1 Å². The van der Waals surface area contributed by atoms with Crippen molar-refractivity contribution >= 4 is 28.3 Å². The van der Waals surface area contributed by atoms with Gasteiger partial charge in [0.15, 0.2) is 0 Å². The lowest BCUT2D eigenvalue weighted by molar-refractivity contribution is 0.250. The number of hydrogen-bond donors (Lipinski definition) is 3. The fourth-order valence-corrected chi connectivity index (χ4v) is 3.27. The first-order valence-corrected chi connectivity index (χ1v) is 9.08. The maximum absolute atomic E-state index is 11.9. The van der Waals surface area contributed by atoms with Gasteiger partial charge in [0.2, 0.25) is 0 Å². The summed E-state index contributed by atoms with van der Waals surface area (Å²) in [5.41, 5.74) is 11.0. The van der Waals surface area contributed by atoms with Gasteiger partial charge in [-0.2, -0.15) is 0 Å². The Morgan fingerprint density at radius 2 is 1.89 bits per heavy atom. The van der Waals surface area contributed by atoms with Gasteiger partial charge in [-0.05, 0) is 51.1 Å². The van der Waals surface area contributed by atoms with Crippen LogP contribution in [0.2, 0.25) is 0 Å². The molecule has 3 aromatic rings. The maximum atomic E-state index is 11.9. The van der Waals surface area contributed by atoms with Crippen LogP contribution in [0.15, 0.2) is 42.5 Å². The molecular formula is C21H26N4O2. The number of benzene rings is 2. The number of nitrogens with zero attached hydrogens (tertiary/aromatic N) is 1. The Morgan fingerprint density at radius 1 is 1.19 bits per heavy atom. The number of aryl methyl sites for hydroxylation is 1. The van der Waals surface area contributed by atoms with E-state index < -0.39 is 0 Å². The Kier molecular flexibility index (Phi) is 5.26. The maximum Gasteiger partial charge on any atom is 0.319 e. The van der Waals surface area contributed by atoms with Gasteiger partial charge >= 0.3 is 6.03 Å². The number of ether oxygens (including phenoxy) is 1. The van der Waals surface area contributed by atoms with Crippen molar-refractivity contribution in [1.29, 1.82) is 0 Å². The Morgan fingerprint density at radius 3 is 2.48 bits per heavy atom. The van der Waals surface area contributed by atoms with E-state index >= 15 is 0 Å². The molecule has 0 aliphatic rings. The quantitative estimate of drug-likeness (QED) is 0.624. The van der Waals surface area contributed by atoms with Crippen LogP contribution in [-0.4, -0.2) is 23.7 Å². The molecule has 0 radical (unpaired) electrons. The highest BCUT2D eigenvalue weighted by molar-refractivity contribution is 6.01. The van der Waals surface area contributed by atoms with Crippen molar-refractivity contribution in [2.45, 2.75) is 33.4 Å². The van der Waals surface area contributed by atoms with E-state index in [9.17, 15) is 4.79 Å². The molecule has 1 aromatic heterocycles. The molecule has 1 heterocycles. The van der Waals surface area contributed by atoms with Crippen LogP contribution in [0.4, 0.5) is 16.2 Å². The molecular weight excluding hydrogens is 340 g/mol. The minimum absolute atomic E-state index is 0.0846. The number of hydrogen-bond acceptors (Lipinski definition) is 3. The summed E-state index contributed by atoms with van der Waals surface area (Å²) in [5, 5.41) is 6.62. The second-order valence-corrected chi connectivity index (χ2v) is 6.72. The topological polar surface area (TPSA) is 81.3 Å². The van der Waals surface area contributed by atoms with Crippen LogP contribution in [0.1, 0.15) is 20.8 Å². The van der Waals surface area contributed by atoms with Crippen molar-refractivity contribution in [1.82, 2.24) is 9.88 Å². The molecule has 0 bridgehead atoms. The number of rotatable bonds is 5. The predicted octanol–water partition coefficient (Wildman–Crippen LogP) is 4.45. The molecule has 142 valence electrons. The number of urea groups is 1. The largest absolute Gasteiger partial charge is 0.497 e. The van der Waals surface area contributed by atoms with Crippen molar-refractivity contribution in [3.05, 3.63) is 42.5 Å². The minimum Gasteiger partial charge on any atom is -0.497 e. The lowest BCUT2D eigenvalue weighted by atomic mass is 10.1. The van der Waals surface area contributed by atoms with E-state index in [0.29, 0.717) is 0 Å². The molecule has 0 saturated carbocycles. The Hall–Kier alpha value is -3.15. The van der Waals surface area contributed by atoms with Gasteiger partial charge in [0.1, 0.15) is 5.75 Å². The zero-order chi connectivity index (χ0) is 19.6. The van der Waals surface area contributed by atoms with Crippen molar-refractivity contribution in [3.63, 3.8) is 0 Å². The molecule has 4 N–H and O–H groups in total. The van der Waals surface area contributed by atoms with Crippen LogP contribution in [0.3, 0.4) is 0 Å². The molecule has 6 nitrogen and oxygen atoms in total. The van der Waals surface area contributed by atoms with Crippen molar-refractivity contribution in [3.8, 4) is 17.0 Å². The molecule has 0 unspecified atom stereocenters. The summed E-state index contributed by atoms with van der Waals surface area (Å²) in [6.45, 7) is 6.74. The fraction of sp³-hybridized carbons (Fsp3) is 0.286. The third-order valence-electron chi connectivity index (χ3n) is 4.46. The normalized spacial score (nSPS) is 11.0. The number of methoxy groups -OCH3 is 1. The first-order valence-electron chi connectivity index (χ1n) is 9.08. The Bertz CT molecular complexity index is 958. The average molecular weight is 366 g/mol. The highest BCUT2D eigenvalue weighted by Crippen LogP contribution is 2.38. The first-order chi connectivity index (χ1) is 12.9. The van der Waals surface area contributed by atoms with E-state index in [1.165, 1.54) is 0 Å². The Labute approximate surface area is 159 Å². The van der Waals surface area contributed by atoms with E-state index in [-0.39, 0.29) is 12.1 Å². The van der Waals surface area contributed by atoms with Crippen LogP contribution < -0.4 is 21.1 Å². The lowest BCUT2D eigenvalue weighted by Gasteiger charge is -2.12. The summed E-state index contributed by atoms with van der Waals surface area (Å²) in [4.78, 5) is 11.9. The van der Waals surface area contributed by atoms with Gasteiger partial charge in [-0.1, -0.05) is 12.1 Å². The van der Waals surface area contributed by atoms with Crippen molar-refractivity contribution in [2.24, 2.45) is 0 Å². The van der Waals surface area contributed by atoms with Gasteiger partial charge in [-0.15, -0.1) is 0 Å². The molecule has 0 spiro atoms. The summed E-state index contributed by atoms with van der Waals surface area (Å²) >= 11 is 0. The van der Waals surface area contributed by atoms with Crippen molar-refractivity contribution < 1.29 is 9.53 Å². The highest BCUT2D eigenvalue weighted by atomic mass is 16.5. The van der Waals surface area contributed by atoms with Gasteiger partial charge in [0.25, 0.3) is 0 Å². The molecule has 27 heavy (non-hydrogen) atoms. The van der Waals surface area contributed by atoms with Crippen LogP contribution in [0.5, 0.6) is 5.75 Å². The molecule has 2 amide bonds. The molecule has 0 atom stereocenters. The molecule has 0 aliphatic heterocycles. The summed E-state index contributed by atoms with van der Waals surface area (Å²) in [6, 6.07) is 13.5. The number of aromatic nitrogens is 1. The van der Waals surface area contributed by atoms with Gasteiger partial charge in [0.05, 0.1) is 24.0 Å². The number of carbonyl (C=O) groups is 1. The van der Waals surface area contributed by atoms with E-state index in [0.717, 1.165) is 45.8 Å². The number of carbonyl (C=O) groups excluding carboxylic acids is 1. The van der Waals surface area contributed by atoms with E-state index in [1.54, 1.807) is 7.11 Å². The number of fused-ring (bicyclic) bond motifs is 1. The third kappa shape index (κ3) is 3.69. The molecule has 6 heteroatoms. The molecule has 3 rings (SSSR count). The second-order valence-electron chi connectivity index (χ2n) is 6.72. The lowest BCUT2D eigenvalue weighted by Crippen LogP contribution is -2.34. The SMILES string of the molecule is CCn1c(-c2ccc(NC(=O)NC(C)C)cc2)c(N)c2cc(OC)ccc21. The van der Waals surface area contributed by atoms with E-state index in [4.69, 9.17) is 10.5 Å². The van der Waals surface area contributed by atoms with Crippen LogP contribution in [0.25, 0.3) is 22.2 Å².